The molecular weight excluding hydrogens is 288 g/mol. The SMILES string of the molecule is N#CCCCCOc1cc(Br)cc([N+](=O)[O-])c1. The predicted octanol–water partition coefficient (Wildman–Crippen LogP) is 3.43. The van der Waals surface area contributed by atoms with E-state index < -0.39 is 4.92 Å². The van der Waals surface area contributed by atoms with E-state index in [1.165, 1.54) is 12.1 Å². The van der Waals surface area contributed by atoms with Crippen LogP contribution in [0.25, 0.3) is 0 Å². The van der Waals surface area contributed by atoms with Gasteiger partial charge in [-0.15, -0.1) is 0 Å². The molecule has 0 unspecified atom stereocenters. The van der Waals surface area contributed by atoms with Crippen LogP contribution < -0.4 is 4.74 Å². The Labute approximate surface area is 107 Å². The summed E-state index contributed by atoms with van der Waals surface area (Å²) in [5.41, 5.74) is -0.00796. The highest BCUT2D eigenvalue weighted by Gasteiger charge is 2.09. The number of benzene rings is 1. The fourth-order valence-electron chi connectivity index (χ4n) is 1.23. The van der Waals surface area contributed by atoms with Crippen LogP contribution in [0.15, 0.2) is 22.7 Å². The molecule has 5 nitrogen and oxygen atoms in total. The van der Waals surface area contributed by atoms with Gasteiger partial charge in [-0.1, -0.05) is 15.9 Å². The van der Waals surface area contributed by atoms with E-state index in [4.69, 9.17) is 10.00 Å². The van der Waals surface area contributed by atoms with Gasteiger partial charge in [0.15, 0.2) is 0 Å². The number of nitro groups is 1. The minimum absolute atomic E-state index is 0.00796. The smallest absolute Gasteiger partial charge is 0.274 e. The summed E-state index contributed by atoms with van der Waals surface area (Å²) in [7, 11) is 0. The van der Waals surface area contributed by atoms with Crippen LogP contribution in [-0.2, 0) is 0 Å². The molecule has 0 saturated carbocycles. The topological polar surface area (TPSA) is 76.2 Å². The summed E-state index contributed by atoms with van der Waals surface area (Å²) >= 11 is 3.19. The molecule has 0 aliphatic rings. The van der Waals surface area contributed by atoms with Gasteiger partial charge in [-0.3, -0.25) is 10.1 Å². The second kappa shape index (κ2) is 6.86. The molecule has 0 aliphatic heterocycles. The van der Waals surface area contributed by atoms with Crippen molar-refractivity contribution in [1.82, 2.24) is 0 Å². The van der Waals surface area contributed by atoms with E-state index in [0.717, 1.165) is 12.8 Å². The Bertz CT molecular complexity index is 443. The Morgan fingerprint density at radius 3 is 2.82 bits per heavy atom. The van der Waals surface area contributed by atoms with Crippen LogP contribution in [0.4, 0.5) is 5.69 Å². The fourth-order valence-corrected chi connectivity index (χ4v) is 1.69. The maximum atomic E-state index is 10.6. The number of hydrogen-bond donors (Lipinski definition) is 0. The zero-order valence-electron chi connectivity index (χ0n) is 9.06. The summed E-state index contributed by atoms with van der Waals surface area (Å²) in [6.07, 6.45) is 2.03. The Hall–Kier alpha value is -1.61. The van der Waals surface area contributed by atoms with Crippen LogP contribution in [-0.4, -0.2) is 11.5 Å². The van der Waals surface area contributed by atoms with Crippen molar-refractivity contribution < 1.29 is 9.66 Å². The summed E-state index contributed by atoms with van der Waals surface area (Å²) in [4.78, 5) is 10.1. The summed E-state index contributed by atoms with van der Waals surface area (Å²) in [5, 5.41) is 19.0. The monoisotopic (exact) mass is 298 g/mol. The van der Waals surface area contributed by atoms with Crippen LogP contribution in [0.2, 0.25) is 0 Å². The molecule has 0 radical (unpaired) electrons. The highest BCUT2D eigenvalue weighted by molar-refractivity contribution is 9.10. The maximum Gasteiger partial charge on any atom is 0.274 e. The van der Waals surface area contributed by atoms with Crippen molar-refractivity contribution in [2.75, 3.05) is 6.61 Å². The number of nitro benzene ring substituents is 1. The van der Waals surface area contributed by atoms with Gasteiger partial charge in [0.2, 0.25) is 0 Å². The largest absolute Gasteiger partial charge is 0.493 e. The minimum atomic E-state index is -0.465. The number of halogens is 1. The van der Waals surface area contributed by atoms with Crippen LogP contribution in [0.3, 0.4) is 0 Å². The molecule has 0 amide bonds. The van der Waals surface area contributed by atoms with E-state index in [1.54, 1.807) is 6.07 Å². The van der Waals surface area contributed by atoms with Crippen molar-refractivity contribution in [3.8, 4) is 11.8 Å². The number of non-ortho nitro benzene ring substituents is 1. The van der Waals surface area contributed by atoms with Gasteiger partial charge in [0.05, 0.1) is 23.7 Å². The van der Waals surface area contributed by atoms with E-state index in [1.807, 2.05) is 6.07 Å². The second-order valence-corrected chi connectivity index (χ2v) is 4.28. The van der Waals surface area contributed by atoms with E-state index in [9.17, 15) is 10.1 Å². The molecule has 1 rings (SSSR count). The molecule has 0 heterocycles. The number of nitrogens with zero attached hydrogens (tertiary/aromatic N) is 2. The van der Waals surface area contributed by atoms with Gasteiger partial charge < -0.3 is 4.74 Å². The third-order valence-corrected chi connectivity index (χ3v) is 2.48. The van der Waals surface area contributed by atoms with Gasteiger partial charge in [-0.2, -0.15) is 5.26 Å². The van der Waals surface area contributed by atoms with Crippen molar-refractivity contribution in [1.29, 1.82) is 5.26 Å². The van der Waals surface area contributed by atoms with Crippen LogP contribution in [0.5, 0.6) is 5.75 Å². The molecule has 0 fully saturated rings. The quantitative estimate of drug-likeness (QED) is 0.458. The first kappa shape index (κ1) is 13.5. The molecule has 0 atom stereocenters. The minimum Gasteiger partial charge on any atom is -0.493 e. The maximum absolute atomic E-state index is 10.6. The molecule has 6 heteroatoms. The number of ether oxygens (including phenoxy) is 1. The van der Waals surface area contributed by atoms with Crippen LogP contribution in [0.1, 0.15) is 19.3 Å². The third-order valence-electron chi connectivity index (χ3n) is 2.02. The van der Waals surface area contributed by atoms with Gasteiger partial charge in [-0.25, -0.2) is 0 Å². The molecule has 0 aliphatic carbocycles. The summed E-state index contributed by atoms with van der Waals surface area (Å²) in [5.74, 6) is 0.461. The first-order valence-corrected chi connectivity index (χ1v) is 5.87. The Morgan fingerprint density at radius 2 is 2.18 bits per heavy atom. The average Bonchev–Trinajstić information content (AvgIpc) is 2.28. The zero-order valence-corrected chi connectivity index (χ0v) is 10.6. The summed E-state index contributed by atoms with van der Waals surface area (Å²) in [6.45, 7) is 0.454. The molecule has 0 N–H and O–H groups in total. The van der Waals surface area contributed by atoms with Crippen molar-refractivity contribution >= 4 is 21.6 Å². The number of unbranched alkanes of at least 4 members (excludes halogenated alkanes) is 2. The summed E-state index contributed by atoms with van der Waals surface area (Å²) in [6, 6.07) is 6.53. The molecular formula is C11H11BrN2O3. The third kappa shape index (κ3) is 4.83. The molecule has 0 saturated heterocycles. The number of nitriles is 1. The number of rotatable bonds is 6. The lowest BCUT2D eigenvalue weighted by Crippen LogP contribution is -1.98. The highest BCUT2D eigenvalue weighted by Crippen LogP contribution is 2.26. The first-order chi connectivity index (χ1) is 8.13. The first-order valence-electron chi connectivity index (χ1n) is 5.08. The lowest BCUT2D eigenvalue weighted by atomic mass is 10.2. The Balaban J connectivity index is 2.53. The van der Waals surface area contributed by atoms with E-state index in [-0.39, 0.29) is 5.69 Å². The second-order valence-electron chi connectivity index (χ2n) is 3.37. The van der Waals surface area contributed by atoms with Gasteiger partial charge in [0, 0.05) is 17.0 Å². The molecule has 1 aromatic carbocycles. The van der Waals surface area contributed by atoms with E-state index >= 15 is 0 Å². The normalized spacial score (nSPS) is 9.65. The molecule has 0 bridgehead atoms. The van der Waals surface area contributed by atoms with Crippen molar-refractivity contribution in [3.05, 3.63) is 32.8 Å². The van der Waals surface area contributed by atoms with Crippen molar-refractivity contribution in [3.63, 3.8) is 0 Å². The molecule has 17 heavy (non-hydrogen) atoms. The Kier molecular flexibility index (Phi) is 5.43. The van der Waals surface area contributed by atoms with Crippen LogP contribution >= 0.6 is 15.9 Å². The van der Waals surface area contributed by atoms with Crippen molar-refractivity contribution in [2.24, 2.45) is 0 Å². The van der Waals surface area contributed by atoms with Crippen molar-refractivity contribution in [2.45, 2.75) is 19.3 Å². The number of hydrogen-bond acceptors (Lipinski definition) is 4. The van der Waals surface area contributed by atoms with E-state index in [0.29, 0.717) is 23.2 Å². The average molecular weight is 299 g/mol. The predicted molar refractivity (Wildman–Crippen MR) is 65.8 cm³/mol. The van der Waals surface area contributed by atoms with Gasteiger partial charge in [0.25, 0.3) is 5.69 Å². The lowest BCUT2D eigenvalue weighted by molar-refractivity contribution is -0.385. The van der Waals surface area contributed by atoms with Crippen LogP contribution in [0, 0.1) is 21.4 Å². The highest BCUT2D eigenvalue weighted by atomic mass is 79.9. The van der Waals surface area contributed by atoms with Gasteiger partial charge in [0.1, 0.15) is 5.75 Å². The molecule has 1 aromatic rings. The summed E-state index contributed by atoms with van der Waals surface area (Å²) < 4.78 is 5.99. The Morgan fingerprint density at radius 1 is 1.41 bits per heavy atom. The van der Waals surface area contributed by atoms with Gasteiger partial charge in [-0.05, 0) is 18.9 Å². The van der Waals surface area contributed by atoms with Gasteiger partial charge >= 0.3 is 0 Å². The molecule has 90 valence electrons. The fraction of sp³-hybridized carbons (Fsp3) is 0.364. The zero-order chi connectivity index (χ0) is 12.7. The lowest BCUT2D eigenvalue weighted by Gasteiger charge is -2.05. The molecule has 0 aromatic heterocycles. The van der Waals surface area contributed by atoms with E-state index in [2.05, 4.69) is 15.9 Å². The molecule has 0 spiro atoms. The standard InChI is InChI=1S/C11H11BrN2O3/c12-9-6-10(14(15)16)8-11(7-9)17-5-3-1-2-4-13/h6-8H,1-3,5H2.